The van der Waals surface area contributed by atoms with Gasteiger partial charge in [-0.25, -0.2) is 17.6 Å². The minimum absolute atomic E-state index is 0.316. The molecule has 0 heterocycles. The van der Waals surface area contributed by atoms with E-state index in [1.165, 1.54) is 24.3 Å². The summed E-state index contributed by atoms with van der Waals surface area (Å²) in [5.74, 6) is -11.6. The largest absolute Gasteiger partial charge is 0.465 e. The molecule has 0 radical (unpaired) electrons. The van der Waals surface area contributed by atoms with E-state index in [1.807, 2.05) is 0 Å². The second-order valence-corrected chi connectivity index (χ2v) is 6.79. The Labute approximate surface area is 147 Å². The van der Waals surface area contributed by atoms with Crippen molar-refractivity contribution in [2.45, 2.75) is 37.5 Å². The van der Waals surface area contributed by atoms with Crippen LogP contribution in [0.4, 0.5) is 17.6 Å². The fourth-order valence-corrected chi connectivity index (χ4v) is 3.43. The number of hydrogen-bond donors (Lipinski definition) is 0. The number of rotatable bonds is 6. The molecule has 0 amide bonds. The quantitative estimate of drug-likeness (QED) is 0.565. The van der Waals surface area contributed by atoms with Crippen LogP contribution in [0.5, 0.6) is 0 Å². The highest BCUT2D eigenvalue weighted by Crippen LogP contribution is 2.63. The van der Waals surface area contributed by atoms with Crippen LogP contribution < -0.4 is 0 Å². The predicted octanol–water partition coefficient (Wildman–Crippen LogP) is 3.51. The van der Waals surface area contributed by atoms with Gasteiger partial charge in [-0.2, -0.15) is 0 Å². The van der Waals surface area contributed by atoms with E-state index >= 15 is 0 Å². The Bertz CT molecular complexity index is 655. The number of halogens is 4. The van der Waals surface area contributed by atoms with Crippen molar-refractivity contribution in [3.8, 4) is 0 Å². The summed E-state index contributed by atoms with van der Waals surface area (Å²) in [6.07, 6.45) is 0. The van der Waals surface area contributed by atoms with Crippen LogP contribution in [0.1, 0.15) is 36.8 Å². The molecule has 142 valence electrons. The summed E-state index contributed by atoms with van der Waals surface area (Å²) in [6, 6.07) is 5.61. The third kappa shape index (κ3) is 3.29. The highest BCUT2D eigenvalue weighted by Gasteiger charge is 2.70. The van der Waals surface area contributed by atoms with Crippen molar-refractivity contribution >= 4 is 11.9 Å². The van der Waals surface area contributed by atoms with Crippen LogP contribution in [-0.4, -0.2) is 37.0 Å². The molecule has 0 spiro atoms. The normalized spacial score (nSPS) is 30.4. The Hall–Kier alpha value is -2.12. The van der Waals surface area contributed by atoms with Crippen molar-refractivity contribution in [3.63, 3.8) is 0 Å². The lowest BCUT2D eigenvalue weighted by Crippen LogP contribution is -2.06. The number of carbonyl (C=O) groups is 2. The van der Waals surface area contributed by atoms with E-state index in [4.69, 9.17) is 0 Å². The molecule has 0 unspecified atom stereocenters. The first-order chi connectivity index (χ1) is 12.1. The smallest absolute Gasteiger partial charge is 0.302 e. The summed E-state index contributed by atoms with van der Waals surface area (Å²) < 4.78 is 64.8. The van der Waals surface area contributed by atoms with E-state index < -0.39 is 47.5 Å². The third-order valence-electron chi connectivity index (χ3n) is 4.99. The van der Waals surface area contributed by atoms with Crippen LogP contribution in [0, 0.1) is 11.8 Å². The zero-order chi connectivity index (χ0) is 19.3. The molecule has 4 nitrogen and oxygen atoms in total. The molecule has 2 aliphatic rings. The molecule has 0 aliphatic heterocycles. The second-order valence-electron chi connectivity index (χ2n) is 6.79. The van der Waals surface area contributed by atoms with Crippen molar-refractivity contribution < 1.29 is 36.6 Å². The number of carbonyl (C=O) groups excluding carboxylic acids is 2. The van der Waals surface area contributed by atoms with Gasteiger partial charge in [-0.15, -0.1) is 0 Å². The zero-order valence-corrected chi connectivity index (χ0v) is 14.2. The minimum atomic E-state index is -2.99. The molecule has 2 aliphatic carbocycles. The van der Waals surface area contributed by atoms with Crippen molar-refractivity contribution in [2.24, 2.45) is 11.8 Å². The standard InChI is InChI=1S/C18H18F4O4/c1-9(23)25-7-13-15(17(13,19)20)11-3-5-12(6-4-11)16-14(18(16,21)22)8-26-10(2)24/h3-6,13-16H,7-8H2,1-2H3/t13-,14-,15-,16-/m1/s1. The summed E-state index contributed by atoms with van der Waals surface area (Å²) in [5.41, 5.74) is 0.632. The number of benzene rings is 1. The Balaban J connectivity index is 1.66. The minimum Gasteiger partial charge on any atom is -0.465 e. The number of esters is 2. The number of ether oxygens (including phenoxy) is 2. The van der Waals surface area contributed by atoms with Gasteiger partial charge < -0.3 is 9.47 Å². The van der Waals surface area contributed by atoms with Gasteiger partial charge in [-0.1, -0.05) is 24.3 Å². The predicted molar refractivity (Wildman–Crippen MR) is 82.1 cm³/mol. The topological polar surface area (TPSA) is 52.6 Å². The molecule has 8 heteroatoms. The Morgan fingerprint density at radius 3 is 1.38 bits per heavy atom. The molecule has 1 aromatic rings. The van der Waals surface area contributed by atoms with Crippen molar-refractivity contribution in [1.82, 2.24) is 0 Å². The maximum Gasteiger partial charge on any atom is 0.302 e. The van der Waals surface area contributed by atoms with E-state index in [9.17, 15) is 27.2 Å². The average Bonchev–Trinajstić information content (AvgIpc) is 3.31. The van der Waals surface area contributed by atoms with Gasteiger partial charge in [0.1, 0.15) is 13.2 Å². The van der Waals surface area contributed by atoms with Crippen LogP contribution >= 0.6 is 0 Å². The van der Waals surface area contributed by atoms with Gasteiger partial charge in [0.15, 0.2) is 0 Å². The number of hydrogen-bond acceptors (Lipinski definition) is 4. The average molecular weight is 374 g/mol. The van der Waals surface area contributed by atoms with Crippen LogP contribution in [0.3, 0.4) is 0 Å². The molecular weight excluding hydrogens is 356 g/mol. The Kier molecular flexibility index (Phi) is 4.48. The van der Waals surface area contributed by atoms with Gasteiger partial charge >= 0.3 is 11.9 Å². The number of alkyl halides is 4. The second kappa shape index (κ2) is 6.25. The summed E-state index contributed by atoms with van der Waals surface area (Å²) in [5, 5.41) is 0. The lowest BCUT2D eigenvalue weighted by Gasteiger charge is -2.03. The molecule has 1 aromatic carbocycles. The van der Waals surface area contributed by atoms with E-state index in [0.717, 1.165) is 13.8 Å². The lowest BCUT2D eigenvalue weighted by atomic mass is 10.0. The van der Waals surface area contributed by atoms with Crippen LogP contribution in [0.2, 0.25) is 0 Å². The zero-order valence-electron chi connectivity index (χ0n) is 14.2. The summed E-state index contributed by atoms with van der Waals surface area (Å²) >= 11 is 0. The molecule has 2 saturated carbocycles. The fourth-order valence-electron chi connectivity index (χ4n) is 3.43. The fraction of sp³-hybridized carbons (Fsp3) is 0.556. The highest BCUT2D eigenvalue weighted by molar-refractivity contribution is 5.66. The van der Waals surface area contributed by atoms with Crippen LogP contribution in [-0.2, 0) is 19.1 Å². The Morgan fingerprint density at radius 2 is 1.12 bits per heavy atom. The van der Waals surface area contributed by atoms with Crippen LogP contribution in [0.15, 0.2) is 24.3 Å². The van der Waals surface area contributed by atoms with Crippen molar-refractivity contribution in [3.05, 3.63) is 35.4 Å². The molecule has 2 fully saturated rings. The van der Waals surface area contributed by atoms with Gasteiger partial charge in [-0.3, -0.25) is 9.59 Å². The van der Waals surface area contributed by atoms with Gasteiger partial charge in [0.25, 0.3) is 11.8 Å². The lowest BCUT2D eigenvalue weighted by molar-refractivity contribution is -0.143. The molecule has 0 bridgehead atoms. The molecule has 0 N–H and O–H groups in total. The van der Waals surface area contributed by atoms with E-state index in [0.29, 0.717) is 11.1 Å². The summed E-state index contributed by atoms with van der Waals surface area (Å²) in [4.78, 5) is 21.5. The van der Waals surface area contributed by atoms with Gasteiger partial charge in [0, 0.05) is 13.8 Å². The van der Waals surface area contributed by atoms with Crippen LogP contribution in [0.25, 0.3) is 0 Å². The van der Waals surface area contributed by atoms with E-state index in [1.54, 1.807) is 0 Å². The SMILES string of the molecule is CC(=O)OC[C@@H]1[C@@H](c2ccc([C@@H]3[C@@H](COC(C)=O)C3(F)F)cc2)C1(F)F. The molecule has 4 atom stereocenters. The van der Waals surface area contributed by atoms with Gasteiger partial charge in [-0.05, 0) is 11.1 Å². The molecular formula is C18H18F4O4. The maximum atomic E-state index is 13.9. The summed E-state index contributed by atoms with van der Waals surface area (Å²) in [7, 11) is 0. The highest BCUT2D eigenvalue weighted by atomic mass is 19.3. The Morgan fingerprint density at radius 1 is 0.808 bits per heavy atom. The summed E-state index contributed by atoms with van der Waals surface area (Å²) in [6.45, 7) is 1.54. The maximum absolute atomic E-state index is 13.9. The first-order valence-electron chi connectivity index (χ1n) is 8.19. The van der Waals surface area contributed by atoms with E-state index in [2.05, 4.69) is 9.47 Å². The first-order valence-corrected chi connectivity index (χ1v) is 8.19. The van der Waals surface area contributed by atoms with Crippen molar-refractivity contribution in [1.29, 1.82) is 0 Å². The van der Waals surface area contributed by atoms with Gasteiger partial charge in [0.2, 0.25) is 0 Å². The van der Waals surface area contributed by atoms with E-state index in [-0.39, 0.29) is 13.2 Å². The monoisotopic (exact) mass is 374 g/mol. The van der Waals surface area contributed by atoms with Crippen molar-refractivity contribution in [2.75, 3.05) is 13.2 Å². The first kappa shape index (κ1) is 18.7. The molecule has 26 heavy (non-hydrogen) atoms. The third-order valence-corrected chi connectivity index (χ3v) is 4.99. The molecule has 0 saturated heterocycles. The molecule has 0 aromatic heterocycles. The molecule has 3 rings (SSSR count). The van der Waals surface area contributed by atoms with Gasteiger partial charge in [0.05, 0.1) is 23.7 Å².